The molecule has 0 aliphatic carbocycles. The summed E-state index contributed by atoms with van der Waals surface area (Å²) in [4.78, 5) is 17.0. The van der Waals surface area contributed by atoms with Gasteiger partial charge in [-0.05, 0) is 58.2 Å². The number of carbonyl (C=O) groups excluding carboxylic acids is 1. The number of fused-ring (bicyclic) bond motifs is 1. The Morgan fingerprint density at radius 1 is 1.33 bits per heavy atom. The van der Waals surface area contributed by atoms with Gasteiger partial charge in [-0.25, -0.2) is 4.79 Å². The second kappa shape index (κ2) is 9.31. The first-order valence-corrected chi connectivity index (χ1v) is 10.2. The zero-order valence-electron chi connectivity index (χ0n) is 16.8. The molecule has 0 radical (unpaired) electrons. The quantitative estimate of drug-likeness (QED) is 0.831. The van der Waals surface area contributed by atoms with E-state index in [2.05, 4.69) is 24.1 Å². The van der Waals surface area contributed by atoms with Crippen LogP contribution in [0.1, 0.15) is 33.6 Å². The summed E-state index contributed by atoms with van der Waals surface area (Å²) >= 11 is 0. The Morgan fingerprint density at radius 3 is 2.85 bits per heavy atom. The molecule has 2 aliphatic rings. The number of carbonyl (C=O) groups is 1. The standard InChI is InChI=1S/C21H33N3O3/c1-4-23(14-18-15-26-19-9-5-6-10-20(19)27-18)21(25)22-12-17-8-7-11-24(13-17)16(2)3/h5-6,9-10,16-18H,4,7-8,11-15H2,1-3H3,(H,22,25). The number of amides is 2. The van der Waals surface area contributed by atoms with Crippen LogP contribution in [0, 0.1) is 5.92 Å². The third-order valence-corrected chi connectivity index (χ3v) is 5.48. The summed E-state index contributed by atoms with van der Waals surface area (Å²) in [5.41, 5.74) is 0. The highest BCUT2D eigenvalue weighted by Crippen LogP contribution is 2.31. The first-order valence-electron chi connectivity index (χ1n) is 10.2. The Bertz CT molecular complexity index is 622. The van der Waals surface area contributed by atoms with Crippen LogP contribution in [0.4, 0.5) is 4.79 Å². The van der Waals surface area contributed by atoms with Gasteiger partial charge in [-0.1, -0.05) is 12.1 Å². The van der Waals surface area contributed by atoms with Crippen LogP contribution in [0.3, 0.4) is 0 Å². The Balaban J connectivity index is 1.47. The van der Waals surface area contributed by atoms with Crippen LogP contribution in [0.25, 0.3) is 0 Å². The van der Waals surface area contributed by atoms with Crippen LogP contribution < -0.4 is 14.8 Å². The molecule has 0 bridgehead atoms. The predicted molar refractivity (Wildman–Crippen MR) is 106 cm³/mol. The number of rotatable bonds is 6. The number of para-hydroxylation sites is 2. The Morgan fingerprint density at radius 2 is 2.11 bits per heavy atom. The third-order valence-electron chi connectivity index (χ3n) is 5.48. The van der Waals surface area contributed by atoms with E-state index in [9.17, 15) is 4.79 Å². The highest BCUT2D eigenvalue weighted by molar-refractivity contribution is 5.74. The molecule has 2 atom stereocenters. The van der Waals surface area contributed by atoms with Gasteiger partial charge in [0.2, 0.25) is 0 Å². The molecule has 1 saturated heterocycles. The van der Waals surface area contributed by atoms with Crippen molar-refractivity contribution in [2.45, 2.75) is 45.8 Å². The van der Waals surface area contributed by atoms with E-state index < -0.39 is 0 Å². The molecule has 0 saturated carbocycles. The maximum atomic E-state index is 12.7. The molecule has 2 heterocycles. The molecule has 27 heavy (non-hydrogen) atoms. The summed E-state index contributed by atoms with van der Waals surface area (Å²) in [6.07, 6.45) is 2.26. The third kappa shape index (κ3) is 5.28. The number of likely N-dealkylation sites (tertiary alicyclic amines) is 1. The van der Waals surface area contributed by atoms with Gasteiger partial charge in [0.25, 0.3) is 0 Å². The Labute approximate surface area is 162 Å². The van der Waals surface area contributed by atoms with Crippen molar-refractivity contribution >= 4 is 6.03 Å². The minimum absolute atomic E-state index is 0.0124. The summed E-state index contributed by atoms with van der Waals surface area (Å²) in [5.74, 6) is 2.05. The molecule has 1 N–H and O–H groups in total. The van der Waals surface area contributed by atoms with Gasteiger partial charge in [0.05, 0.1) is 6.54 Å². The molecule has 1 fully saturated rings. The minimum atomic E-state index is -0.142. The summed E-state index contributed by atoms with van der Waals surface area (Å²) < 4.78 is 11.8. The molecule has 0 aromatic heterocycles. The fourth-order valence-corrected chi connectivity index (χ4v) is 3.83. The van der Waals surface area contributed by atoms with Gasteiger partial charge in [-0.15, -0.1) is 0 Å². The van der Waals surface area contributed by atoms with Gasteiger partial charge in [0.15, 0.2) is 17.6 Å². The summed E-state index contributed by atoms with van der Waals surface area (Å²) in [5, 5.41) is 3.14. The number of likely N-dealkylation sites (N-methyl/N-ethyl adjacent to an activating group) is 1. The molecule has 6 heteroatoms. The fourth-order valence-electron chi connectivity index (χ4n) is 3.83. The molecule has 1 aromatic carbocycles. The number of hydrogen-bond donors (Lipinski definition) is 1. The van der Waals surface area contributed by atoms with Gasteiger partial charge in [-0.2, -0.15) is 0 Å². The van der Waals surface area contributed by atoms with Crippen molar-refractivity contribution in [2.75, 3.05) is 39.3 Å². The van der Waals surface area contributed by atoms with E-state index in [0.29, 0.717) is 31.7 Å². The zero-order chi connectivity index (χ0) is 19.2. The molecule has 2 aliphatic heterocycles. The second-order valence-corrected chi connectivity index (χ2v) is 7.82. The number of benzene rings is 1. The van der Waals surface area contributed by atoms with Gasteiger partial charge >= 0.3 is 6.03 Å². The van der Waals surface area contributed by atoms with E-state index in [1.165, 1.54) is 19.4 Å². The van der Waals surface area contributed by atoms with Crippen LogP contribution in [-0.4, -0.2) is 67.3 Å². The fraction of sp³-hybridized carbons (Fsp3) is 0.667. The van der Waals surface area contributed by atoms with E-state index in [1.807, 2.05) is 36.1 Å². The monoisotopic (exact) mass is 375 g/mol. The normalized spacial score (nSPS) is 22.5. The van der Waals surface area contributed by atoms with Gasteiger partial charge in [-0.3, -0.25) is 0 Å². The van der Waals surface area contributed by atoms with Gasteiger partial charge in [0, 0.05) is 25.7 Å². The molecule has 2 unspecified atom stereocenters. The topological polar surface area (TPSA) is 54.0 Å². The first kappa shape index (κ1) is 19.8. The SMILES string of the molecule is CCN(CC1COc2ccccc2O1)C(=O)NCC1CCCN(C(C)C)C1. The number of nitrogens with one attached hydrogen (secondary N) is 1. The number of urea groups is 1. The van der Waals surface area contributed by atoms with Crippen molar-refractivity contribution in [1.82, 2.24) is 15.1 Å². The summed E-state index contributed by atoms with van der Waals surface area (Å²) in [6, 6.07) is 8.23. The maximum absolute atomic E-state index is 12.7. The molecule has 0 spiro atoms. The lowest BCUT2D eigenvalue weighted by atomic mass is 9.97. The Hall–Kier alpha value is -1.95. The predicted octanol–water partition coefficient (Wildman–Crippen LogP) is 2.98. The van der Waals surface area contributed by atoms with Crippen LogP contribution in [0.5, 0.6) is 11.5 Å². The lowest BCUT2D eigenvalue weighted by Gasteiger charge is -2.36. The summed E-state index contributed by atoms with van der Waals surface area (Å²) in [6.45, 7) is 11.1. The molecule has 2 amide bonds. The second-order valence-electron chi connectivity index (χ2n) is 7.82. The van der Waals surface area contributed by atoms with Crippen molar-refractivity contribution in [1.29, 1.82) is 0 Å². The van der Waals surface area contributed by atoms with E-state index in [1.54, 1.807) is 0 Å². The number of nitrogens with zero attached hydrogens (tertiary/aromatic N) is 2. The van der Waals surface area contributed by atoms with E-state index in [-0.39, 0.29) is 12.1 Å². The van der Waals surface area contributed by atoms with E-state index in [4.69, 9.17) is 9.47 Å². The van der Waals surface area contributed by atoms with Crippen molar-refractivity contribution in [3.63, 3.8) is 0 Å². The maximum Gasteiger partial charge on any atom is 0.317 e. The smallest absolute Gasteiger partial charge is 0.317 e. The number of ether oxygens (including phenoxy) is 2. The molecular weight excluding hydrogens is 342 g/mol. The number of hydrogen-bond acceptors (Lipinski definition) is 4. The van der Waals surface area contributed by atoms with Crippen molar-refractivity contribution in [3.05, 3.63) is 24.3 Å². The van der Waals surface area contributed by atoms with Crippen molar-refractivity contribution in [2.24, 2.45) is 5.92 Å². The lowest BCUT2D eigenvalue weighted by molar-refractivity contribution is 0.0670. The Kier molecular flexibility index (Phi) is 6.83. The molecule has 1 aromatic rings. The van der Waals surface area contributed by atoms with Crippen molar-refractivity contribution < 1.29 is 14.3 Å². The van der Waals surface area contributed by atoms with Gasteiger partial charge in [0.1, 0.15) is 6.61 Å². The highest BCUT2D eigenvalue weighted by Gasteiger charge is 2.26. The zero-order valence-corrected chi connectivity index (χ0v) is 16.8. The lowest BCUT2D eigenvalue weighted by Crippen LogP contribution is -2.49. The van der Waals surface area contributed by atoms with Crippen molar-refractivity contribution in [3.8, 4) is 11.5 Å². The highest BCUT2D eigenvalue weighted by atomic mass is 16.6. The average Bonchev–Trinajstić information content (AvgIpc) is 2.70. The van der Waals surface area contributed by atoms with Crippen LogP contribution in [0.2, 0.25) is 0 Å². The molecule has 3 rings (SSSR count). The molecular formula is C21H33N3O3. The average molecular weight is 376 g/mol. The van der Waals surface area contributed by atoms with Crippen LogP contribution >= 0.6 is 0 Å². The molecule has 150 valence electrons. The van der Waals surface area contributed by atoms with Gasteiger partial charge < -0.3 is 24.6 Å². The van der Waals surface area contributed by atoms with E-state index in [0.717, 1.165) is 24.6 Å². The summed E-state index contributed by atoms with van der Waals surface area (Å²) in [7, 11) is 0. The minimum Gasteiger partial charge on any atom is -0.486 e. The number of piperidine rings is 1. The largest absolute Gasteiger partial charge is 0.486 e. The van der Waals surface area contributed by atoms with Crippen LogP contribution in [0.15, 0.2) is 24.3 Å². The molecule has 6 nitrogen and oxygen atoms in total. The first-order chi connectivity index (χ1) is 13.1. The van der Waals surface area contributed by atoms with E-state index >= 15 is 0 Å². The van der Waals surface area contributed by atoms with Crippen LogP contribution in [-0.2, 0) is 0 Å².